The van der Waals surface area contributed by atoms with E-state index in [2.05, 4.69) is 114 Å². The molecule has 8 N–H and O–H groups in total. The van der Waals surface area contributed by atoms with Crippen LogP contribution in [0.15, 0.2) is 0 Å². The Morgan fingerprint density at radius 2 is 0.297 bits per heavy atom. The number of aliphatic hydroxyl groups excluding tert-OH is 2. The first-order valence-electron chi connectivity index (χ1n) is 66.8. The Hall–Kier alpha value is -2.97. The van der Waals surface area contributed by atoms with E-state index in [1.165, 1.54) is 507 Å². The highest BCUT2D eigenvalue weighted by Crippen LogP contribution is 2.22. The number of aliphatic hydroxyl groups is 2. The molecule has 18 nitrogen and oxygen atoms in total. The summed E-state index contributed by atoms with van der Waals surface area (Å²) >= 11 is 0. The van der Waals surface area contributed by atoms with Gasteiger partial charge in [0.2, 0.25) is 29.5 Å². The largest absolute Gasteiger partial charge is 0.390 e. The van der Waals surface area contributed by atoms with E-state index in [9.17, 15) is 34.2 Å². The lowest BCUT2D eigenvalue weighted by molar-refractivity contribution is -0.126. The standard InChI is InChI=1S/C71H144N6O4.C59H121N5O3/c1-6-11-16-21-26-31-33-35-37-42-47-52-59-75(61-54-55-62-76(60-53-48-43-38-36-34-32-27-22-17-12-7-2)65-69(79)72-56-49-44-39-28-23-18-13-8-3)63-68(78)64-77(66-70(80)73-57-50-45-40-29-24-19-14-9-4)67-71(81)74-58-51-46-41-30-25-20-15-10-5;1-5-9-13-17-21-25-27-29-31-35-39-43-49-63(55-57(65)53-60-54-58(66)61-47-41-37-33-23-19-15-11-7-3)51-45-46-52-64(50-44-40-36-32-30-28-26-22-18-14-10-6-2)56-59(67)62-48-42-38-34-24-20-16-12-8-4/h68,78H,6-67H2,1-5H3,(H,72,79)(H,73,80)(H,74,81);57,60,65H,5-56H2,1-4H3,(H,61,66)(H,62,67). The van der Waals surface area contributed by atoms with Gasteiger partial charge in [-0.15, -0.1) is 0 Å². The molecule has 0 aliphatic rings. The highest BCUT2D eigenvalue weighted by atomic mass is 16.3. The Bertz CT molecular complexity index is 2580. The van der Waals surface area contributed by atoms with Gasteiger partial charge in [0, 0.05) is 58.9 Å². The Balaban J connectivity index is 0. The van der Waals surface area contributed by atoms with Crippen LogP contribution in [0, 0.1) is 0 Å². The van der Waals surface area contributed by atoms with Crippen molar-refractivity contribution in [2.75, 3.05) is 144 Å². The van der Waals surface area contributed by atoms with Crippen LogP contribution in [0.2, 0.25) is 0 Å². The molecule has 0 rings (SSSR count). The molecule has 0 aromatic rings. The van der Waals surface area contributed by atoms with Crippen LogP contribution in [0.3, 0.4) is 0 Å². The summed E-state index contributed by atoms with van der Waals surface area (Å²) in [6, 6.07) is 0. The molecular formula is C130H265N11O7. The van der Waals surface area contributed by atoms with Crippen LogP contribution in [0.1, 0.15) is 653 Å². The summed E-state index contributed by atoms with van der Waals surface area (Å²) in [4.78, 5) is 77.5. The molecule has 0 saturated carbocycles. The number of nitrogens with one attached hydrogen (secondary N) is 6. The molecule has 5 amide bonds. The van der Waals surface area contributed by atoms with Crippen LogP contribution in [-0.4, -0.2) is 220 Å². The fourth-order valence-corrected chi connectivity index (χ4v) is 21.3. The molecule has 0 aromatic carbocycles. The van der Waals surface area contributed by atoms with E-state index in [4.69, 9.17) is 0 Å². The number of nitrogens with zero attached hydrogens (tertiary/aromatic N) is 5. The molecule has 882 valence electrons. The van der Waals surface area contributed by atoms with Gasteiger partial charge >= 0.3 is 0 Å². The SMILES string of the molecule is CCCCCCCCCCCCCCN(CCCCN(CCCCCCCCCCCCCC)CC(O)CN(CC(=O)NCCCCCCCCCC)CC(=O)NCCCCCCCCCC)CC(=O)NCCCCCCCCCC.CCCCCCCCCCCCCCN(CCCCN(CCCCCCCCCCCCCC)CC(O)CNCC(=O)NCCCCCCCCCC)CC(=O)NCCCCCCCCCC. The maximum atomic E-state index is 13.4. The summed E-state index contributed by atoms with van der Waals surface area (Å²) in [6.07, 6.45) is 117. The zero-order valence-corrected chi connectivity index (χ0v) is 101. The average molecular weight is 2090 g/mol. The zero-order valence-electron chi connectivity index (χ0n) is 101. The van der Waals surface area contributed by atoms with E-state index in [1.807, 2.05) is 4.90 Å². The van der Waals surface area contributed by atoms with Gasteiger partial charge in [0.1, 0.15) is 0 Å². The smallest absolute Gasteiger partial charge is 0.234 e. The minimum absolute atomic E-state index is 0.0263. The van der Waals surface area contributed by atoms with Crippen LogP contribution in [0.4, 0.5) is 0 Å². The second-order valence-corrected chi connectivity index (χ2v) is 46.4. The highest BCUT2D eigenvalue weighted by molar-refractivity contribution is 5.81. The fourth-order valence-electron chi connectivity index (χ4n) is 21.3. The van der Waals surface area contributed by atoms with Gasteiger partial charge in [-0.3, -0.25) is 38.7 Å². The number of amides is 5. The van der Waals surface area contributed by atoms with Crippen molar-refractivity contribution in [1.82, 2.24) is 56.4 Å². The Morgan fingerprint density at radius 3 is 0.486 bits per heavy atom. The van der Waals surface area contributed by atoms with E-state index in [-0.39, 0.29) is 55.7 Å². The van der Waals surface area contributed by atoms with Crippen LogP contribution >= 0.6 is 0 Å². The lowest BCUT2D eigenvalue weighted by Gasteiger charge is -2.29. The molecule has 148 heavy (non-hydrogen) atoms. The summed E-state index contributed by atoms with van der Waals surface area (Å²) in [5, 5.41) is 42.1. The van der Waals surface area contributed by atoms with Gasteiger partial charge in [-0.2, -0.15) is 0 Å². The van der Waals surface area contributed by atoms with Crippen molar-refractivity contribution in [3.63, 3.8) is 0 Å². The molecule has 0 heterocycles. The quantitative estimate of drug-likeness (QED) is 0.0267. The monoisotopic (exact) mass is 2090 g/mol. The minimum atomic E-state index is -0.685. The molecule has 0 saturated heterocycles. The molecule has 2 atom stereocenters. The first kappa shape index (κ1) is 147. The molecule has 18 heteroatoms. The van der Waals surface area contributed by atoms with Gasteiger partial charge in [0.15, 0.2) is 0 Å². The normalized spacial score (nSPS) is 12.1. The Labute approximate surface area is 923 Å². The maximum absolute atomic E-state index is 13.4. The minimum Gasteiger partial charge on any atom is -0.390 e. The molecule has 0 radical (unpaired) electrons. The van der Waals surface area contributed by atoms with E-state index in [0.717, 1.165) is 155 Å². The third-order valence-corrected chi connectivity index (χ3v) is 31.0. The molecule has 0 bridgehead atoms. The van der Waals surface area contributed by atoms with E-state index < -0.39 is 12.2 Å². The summed E-state index contributed by atoms with van der Waals surface area (Å²) in [7, 11) is 0. The van der Waals surface area contributed by atoms with Crippen LogP contribution in [0.5, 0.6) is 0 Å². The Morgan fingerprint density at radius 1 is 0.162 bits per heavy atom. The summed E-state index contributed by atoms with van der Waals surface area (Å²) in [5.41, 5.74) is 0. The van der Waals surface area contributed by atoms with E-state index >= 15 is 0 Å². The summed E-state index contributed by atoms with van der Waals surface area (Å²) in [6.45, 7) is 35.1. The second-order valence-electron chi connectivity index (χ2n) is 46.4. The van der Waals surface area contributed by atoms with Gasteiger partial charge in [-0.1, -0.05) is 570 Å². The number of hydrogen-bond donors (Lipinski definition) is 8. The summed E-state index contributed by atoms with van der Waals surface area (Å²) in [5.74, 6) is 0.252. The van der Waals surface area contributed by atoms with Crippen LogP contribution < -0.4 is 31.9 Å². The summed E-state index contributed by atoms with van der Waals surface area (Å²) < 4.78 is 0. The first-order chi connectivity index (χ1) is 72.7. The van der Waals surface area contributed by atoms with Gasteiger partial charge in [0.05, 0.1) is 44.9 Å². The molecule has 2 unspecified atom stereocenters. The average Bonchev–Trinajstić information content (AvgIpc) is 0.908. The van der Waals surface area contributed by atoms with Crippen molar-refractivity contribution in [1.29, 1.82) is 0 Å². The van der Waals surface area contributed by atoms with E-state index in [1.54, 1.807) is 0 Å². The molecule has 0 aromatic heterocycles. The molecule has 0 aliphatic carbocycles. The predicted molar refractivity (Wildman–Crippen MR) is 648 cm³/mol. The first-order valence-corrected chi connectivity index (χ1v) is 66.8. The predicted octanol–water partition coefficient (Wildman–Crippen LogP) is 33.4. The van der Waals surface area contributed by atoms with Crippen molar-refractivity contribution in [3.05, 3.63) is 0 Å². The number of rotatable bonds is 125. The van der Waals surface area contributed by atoms with Crippen molar-refractivity contribution < 1.29 is 34.2 Å². The van der Waals surface area contributed by atoms with Crippen LogP contribution in [0.25, 0.3) is 0 Å². The zero-order chi connectivity index (χ0) is 108. The van der Waals surface area contributed by atoms with Crippen molar-refractivity contribution in [3.8, 4) is 0 Å². The Kier molecular flexibility index (Phi) is 125. The maximum Gasteiger partial charge on any atom is 0.234 e. The third kappa shape index (κ3) is 119. The van der Waals surface area contributed by atoms with Gasteiger partial charge in [-0.05, 0) is 136 Å². The van der Waals surface area contributed by atoms with Gasteiger partial charge in [-0.25, -0.2) is 0 Å². The highest BCUT2D eigenvalue weighted by Gasteiger charge is 2.23. The molecule has 0 spiro atoms. The number of hydrogen-bond acceptors (Lipinski definition) is 13. The van der Waals surface area contributed by atoms with Crippen molar-refractivity contribution in [2.24, 2.45) is 0 Å². The molecular weight excluding hydrogens is 1830 g/mol. The second kappa shape index (κ2) is 126. The lowest BCUT2D eigenvalue weighted by Crippen LogP contribution is -2.48. The molecule has 0 aliphatic heterocycles. The topological polar surface area (TPSA) is 214 Å². The third-order valence-electron chi connectivity index (χ3n) is 31.0. The number of unbranched alkanes of at least 4 members (excludes halogenated alkanes) is 81. The van der Waals surface area contributed by atoms with Crippen molar-refractivity contribution >= 4 is 29.5 Å². The molecule has 0 fully saturated rings. The van der Waals surface area contributed by atoms with E-state index in [0.29, 0.717) is 45.8 Å². The fraction of sp³-hybridized carbons (Fsp3) is 0.962. The van der Waals surface area contributed by atoms with Gasteiger partial charge in [0.25, 0.3) is 0 Å². The number of carbonyl (C=O) groups is 5. The van der Waals surface area contributed by atoms with Crippen LogP contribution in [-0.2, 0) is 24.0 Å². The lowest BCUT2D eigenvalue weighted by atomic mass is 10.1. The number of carbonyl (C=O) groups excluding carboxylic acids is 5. The van der Waals surface area contributed by atoms with Gasteiger partial charge < -0.3 is 51.9 Å². The van der Waals surface area contributed by atoms with Crippen molar-refractivity contribution in [2.45, 2.75) is 665 Å².